The minimum atomic E-state index is -1.21. The first-order valence-electron chi connectivity index (χ1n) is 13.2. The summed E-state index contributed by atoms with van der Waals surface area (Å²) in [5.41, 5.74) is 6.09. The Bertz CT molecular complexity index is 1320. The highest BCUT2D eigenvalue weighted by Gasteiger charge is 2.31. The number of nitrogens with one attached hydrogen (secondary N) is 2. The molecule has 3 amide bonds. The second kappa shape index (κ2) is 14.0. The Labute approximate surface area is 240 Å². The molecule has 1 saturated heterocycles. The van der Waals surface area contributed by atoms with E-state index in [0.29, 0.717) is 18.7 Å². The van der Waals surface area contributed by atoms with Gasteiger partial charge in [-0.25, -0.2) is 9.37 Å². The number of carbonyl (C=O) groups excluding carboxylic acids is 3. The highest BCUT2D eigenvalue weighted by atomic mass is 19.1. The molecule has 2 atom stereocenters. The highest BCUT2D eigenvalue weighted by Crippen LogP contribution is 2.25. The topological polar surface area (TPSA) is 132 Å². The lowest BCUT2D eigenvalue weighted by Crippen LogP contribution is -2.56. The Morgan fingerprint density at radius 3 is 2.46 bits per heavy atom. The highest BCUT2D eigenvalue weighted by molar-refractivity contribution is 5.98. The molecule has 2 aromatic carbocycles. The van der Waals surface area contributed by atoms with Crippen LogP contribution in [0.2, 0.25) is 0 Å². The molecule has 1 unspecified atom stereocenters. The van der Waals surface area contributed by atoms with Gasteiger partial charge >= 0.3 is 0 Å². The van der Waals surface area contributed by atoms with Crippen molar-refractivity contribution in [1.82, 2.24) is 19.8 Å². The number of hydrogen-bond donors (Lipinski definition) is 3. The van der Waals surface area contributed by atoms with Crippen LogP contribution in [0, 0.1) is 5.82 Å². The van der Waals surface area contributed by atoms with Gasteiger partial charge in [-0.1, -0.05) is 49.9 Å². The van der Waals surface area contributed by atoms with Crippen LogP contribution >= 0.6 is 0 Å². The van der Waals surface area contributed by atoms with E-state index in [1.807, 2.05) is 30.3 Å². The zero-order valence-corrected chi connectivity index (χ0v) is 22.7. The van der Waals surface area contributed by atoms with Crippen molar-refractivity contribution in [3.63, 3.8) is 0 Å². The molecule has 4 rings (SSSR count). The minimum absolute atomic E-state index is 0. The number of ether oxygens (including phenoxy) is 1. The van der Waals surface area contributed by atoms with Crippen LogP contribution in [0.1, 0.15) is 51.3 Å². The second-order valence-corrected chi connectivity index (χ2v) is 10.4. The smallest absolute Gasteiger partial charge is 0.250 e. The van der Waals surface area contributed by atoms with Crippen LogP contribution in [-0.4, -0.2) is 63.4 Å². The van der Waals surface area contributed by atoms with Crippen molar-refractivity contribution in [2.75, 3.05) is 25.0 Å². The molecule has 4 N–H and O–H groups in total. The fourth-order valence-corrected chi connectivity index (χ4v) is 4.38. The van der Waals surface area contributed by atoms with Crippen LogP contribution in [-0.2, 0) is 25.7 Å². The van der Waals surface area contributed by atoms with Gasteiger partial charge in [0.05, 0.1) is 25.1 Å². The summed E-state index contributed by atoms with van der Waals surface area (Å²) in [6.45, 7) is 4.47. The number of imidazole rings is 1. The first-order valence-corrected chi connectivity index (χ1v) is 13.2. The molecule has 1 fully saturated rings. The number of nitrogens with zero attached hydrogens (tertiary/aromatic N) is 3. The maximum Gasteiger partial charge on any atom is 0.250 e. The Morgan fingerprint density at radius 2 is 1.80 bits per heavy atom. The fourth-order valence-electron chi connectivity index (χ4n) is 4.38. The number of nitrogens with two attached hydrogens (primary N) is 1. The molecule has 0 bridgehead atoms. The molecule has 10 nitrogen and oxygen atoms in total. The van der Waals surface area contributed by atoms with E-state index in [1.54, 1.807) is 21.6 Å². The van der Waals surface area contributed by atoms with Gasteiger partial charge in [0.25, 0.3) is 5.91 Å². The van der Waals surface area contributed by atoms with Gasteiger partial charge in [-0.15, -0.1) is 0 Å². The molecule has 220 valence electrons. The van der Waals surface area contributed by atoms with Crippen LogP contribution in [0.5, 0.6) is 0 Å². The van der Waals surface area contributed by atoms with Gasteiger partial charge in [-0.3, -0.25) is 14.4 Å². The molecule has 2 heterocycles. The lowest BCUT2D eigenvalue weighted by atomic mass is 10.1. The molecule has 1 aliphatic rings. The summed E-state index contributed by atoms with van der Waals surface area (Å²) < 4.78 is 21.4. The summed E-state index contributed by atoms with van der Waals surface area (Å²) >= 11 is 0. The van der Waals surface area contributed by atoms with Gasteiger partial charge in [0.15, 0.2) is 5.82 Å². The van der Waals surface area contributed by atoms with Crippen molar-refractivity contribution >= 4 is 23.5 Å². The molecular weight excluding hydrogens is 527 g/mol. The second-order valence-electron chi connectivity index (χ2n) is 10.4. The Balaban J connectivity index is 0.00000462. The quantitative estimate of drug-likeness (QED) is 0.327. The third-order valence-corrected chi connectivity index (χ3v) is 6.57. The van der Waals surface area contributed by atoms with E-state index in [2.05, 4.69) is 15.6 Å². The molecule has 1 aliphatic heterocycles. The Morgan fingerprint density at radius 1 is 1.10 bits per heavy atom. The number of hydrogen-bond acceptors (Lipinski definition) is 6. The molecule has 0 radical (unpaired) electrons. The van der Waals surface area contributed by atoms with E-state index in [-0.39, 0.29) is 32.4 Å². The van der Waals surface area contributed by atoms with E-state index in [9.17, 15) is 18.8 Å². The van der Waals surface area contributed by atoms with E-state index in [0.717, 1.165) is 18.4 Å². The largest absolute Gasteiger partial charge is 0.374 e. The normalized spacial score (nSPS) is 14.6. The summed E-state index contributed by atoms with van der Waals surface area (Å²) in [7, 11) is 0. The van der Waals surface area contributed by atoms with E-state index >= 15 is 0 Å². The minimum Gasteiger partial charge on any atom is -0.374 e. The van der Waals surface area contributed by atoms with Crippen LogP contribution < -0.4 is 16.4 Å². The number of carbonyl (C=O) groups is 3. The molecular formula is C30H39FN6O4. The molecule has 1 aromatic heterocycles. The third-order valence-electron chi connectivity index (χ3n) is 6.57. The monoisotopic (exact) mass is 566 g/mol. The number of likely N-dealkylation sites (tertiary alicyclic amines) is 1. The summed E-state index contributed by atoms with van der Waals surface area (Å²) in [6.07, 6.45) is 4.75. The maximum absolute atomic E-state index is 14.1. The van der Waals surface area contributed by atoms with Crippen molar-refractivity contribution in [2.24, 2.45) is 5.73 Å². The van der Waals surface area contributed by atoms with Gasteiger partial charge in [-0.05, 0) is 49.9 Å². The summed E-state index contributed by atoms with van der Waals surface area (Å²) in [6, 6.07) is 13.4. The molecule has 41 heavy (non-hydrogen) atoms. The zero-order chi connectivity index (χ0) is 28.7. The van der Waals surface area contributed by atoms with Crippen molar-refractivity contribution in [2.45, 2.75) is 58.3 Å². The van der Waals surface area contributed by atoms with Crippen LogP contribution in [0.4, 0.5) is 10.2 Å². The van der Waals surface area contributed by atoms with E-state index in [1.165, 1.54) is 38.5 Å². The van der Waals surface area contributed by atoms with Gasteiger partial charge in [0.1, 0.15) is 17.9 Å². The van der Waals surface area contributed by atoms with Gasteiger partial charge in [0.2, 0.25) is 11.8 Å². The fraction of sp³-hybridized carbons (Fsp3) is 0.400. The third kappa shape index (κ3) is 8.45. The summed E-state index contributed by atoms with van der Waals surface area (Å²) in [5, 5.41) is 5.33. The number of amides is 3. The van der Waals surface area contributed by atoms with Crippen molar-refractivity contribution in [1.29, 1.82) is 0 Å². The Hall–Kier alpha value is -4.09. The van der Waals surface area contributed by atoms with E-state index in [4.69, 9.17) is 10.5 Å². The predicted molar refractivity (Wildman–Crippen MR) is 154 cm³/mol. The van der Waals surface area contributed by atoms with Gasteiger partial charge in [-0.2, -0.15) is 0 Å². The standard InChI is InChI=1S/C29H35FN6O4.CH4/c1-29(2,31)28(39)33-23(18-40-17-20-9-4-3-5-10-20)26(37)34-24-16-36(19-32-24)25(21-11-8-12-22(30)15-21)27(38)35-13-6-7-14-35;/h3-5,8-12,15-16,19,23,25H,6-7,13-14,17-18,31H2,1-2H3,(H,33,39)(H,34,37);1H4/t23-,25?;/m1./s1. The average molecular weight is 567 g/mol. The molecule has 0 aliphatic carbocycles. The Kier molecular flexibility index (Phi) is 10.7. The first kappa shape index (κ1) is 31.4. The van der Waals surface area contributed by atoms with Crippen LogP contribution in [0.25, 0.3) is 0 Å². The number of benzene rings is 2. The molecule has 0 saturated carbocycles. The lowest BCUT2D eigenvalue weighted by molar-refractivity contribution is -0.132. The predicted octanol–water partition coefficient (Wildman–Crippen LogP) is 3.25. The number of halogens is 1. The van der Waals surface area contributed by atoms with Crippen molar-refractivity contribution in [3.05, 3.63) is 84.1 Å². The van der Waals surface area contributed by atoms with E-state index < -0.39 is 35.3 Å². The van der Waals surface area contributed by atoms with Crippen LogP contribution in [0.3, 0.4) is 0 Å². The molecule has 0 spiro atoms. The maximum atomic E-state index is 14.1. The SMILES string of the molecule is C.CC(C)(N)C(=O)N[C@H](COCc1ccccc1)C(=O)Nc1cn(C(C(=O)N2CCCC2)c2cccc(F)c2)cn1. The molecule has 3 aromatic rings. The van der Waals surface area contributed by atoms with Crippen molar-refractivity contribution < 1.29 is 23.5 Å². The average Bonchev–Trinajstić information content (AvgIpc) is 3.61. The molecule has 11 heteroatoms. The summed E-state index contributed by atoms with van der Waals surface area (Å²) in [4.78, 5) is 45.3. The number of aromatic nitrogens is 2. The van der Waals surface area contributed by atoms with Gasteiger partial charge < -0.3 is 30.6 Å². The first-order chi connectivity index (χ1) is 19.1. The number of rotatable bonds is 11. The van der Waals surface area contributed by atoms with Crippen molar-refractivity contribution in [3.8, 4) is 0 Å². The van der Waals surface area contributed by atoms with Crippen LogP contribution in [0.15, 0.2) is 67.1 Å². The number of anilines is 1. The zero-order valence-electron chi connectivity index (χ0n) is 22.7. The van der Waals surface area contributed by atoms with Gasteiger partial charge in [0, 0.05) is 19.3 Å². The summed E-state index contributed by atoms with van der Waals surface area (Å²) in [5.74, 6) is -1.56. The lowest BCUT2D eigenvalue weighted by Gasteiger charge is -2.24.